The summed E-state index contributed by atoms with van der Waals surface area (Å²) in [5.41, 5.74) is 4.11. The Labute approximate surface area is 220 Å². The lowest BCUT2D eigenvalue weighted by Gasteiger charge is -2.36. The Kier molecular flexibility index (Phi) is 5.76. The molecule has 8 nitrogen and oxygen atoms in total. The number of nitriles is 1. The molecule has 2 amide bonds. The molecule has 3 aromatic rings. The second-order valence-corrected chi connectivity index (χ2v) is 11.0. The molecule has 2 aliphatic carbocycles. The first kappa shape index (κ1) is 23.7. The molecule has 6 rings (SSSR count). The normalized spacial score (nSPS) is 24.7. The summed E-state index contributed by atoms with van der Waals surface area (Å²) < 4.78 is 1.77. The van der Waals surface area contributed by atoms with Crippen LogP contribution in [0.4, 0.5) is 5.82 Å². The molecule has 2 saturated carbocycles. The number of aromatic nitrogens is 3. The van der Waals surface area contributed by atoms with Gasteiger partial charge in [-0.15, -0.1) is 0 Å². The number of hydrogen-bond donors (Lipinski definition) is 1. The van der Waals surface area contributed by atoms with Crippen LogP contribution in [0.2, 0.25) is 5.02 Å². The molecule has 2 aromatic heterocycles. The number of carbonyl (C=O) groups excluding carboxylic acids is 2. The van der Waals surface area contributed by atoms with Crippen molar-refractivity contribution >= 4 is 29.2 Å². The second-order valence-electron chi connectivity index (χ2n) is 10.5. The van der Waals surface area contributed by atoms with E-state index in [-0.39, 0.29) is 35.7 Å². The smallest absolute Gasteiger partial charge is 0.254 e. The van der Waals surface area contributed by atoms with Gasteiger partial charge in [0, 0.05) is 35.9 Å². The van der Waals surface area contributed by atoms with Crippen molar-refractivity contribution in [1.29, 1.82) is 5.26 Å². The topological polar surface area (TPSA) is 104 Å². The molecule has 9 heteroatoms. The van der Waals surface area contributed by atoms with Crippen LogP contribution in [0.25, 0.3) is 0 Å². The van der Waals surface area contributed by atoms with E-state index in [2.05, 4.69) is 21.5 Å². The van der Waals surface area contributed by atoms with E-state index in [1.807, 2.05) is 32.2 Å². The Morgan fingerprint density at radius 3 is 2.76 bits per heavy atom. The maximum Gasteiger partial charge on any atom is 0.254 e. The van der Waals surface area contributed by atoms with Crippen LogP contribution in [0, 0.1) is 30.1 Å². The molecule has 0 unspecified atom stereocenters. The van der Waals surface area contributed by atoms with Crippen LogP contribution in [-0.4, -0.2) is 39.2 Å². The molecule has 0 radical (unpaired) electrons. The van der Waals surface area contributed by atoms with Crippen LogP contribution in [0.5, 0.6) is 0 Å². The number of rotatable bonds is 6. The van der Waals surface area contributed by atoms with Crippen LogP contribution < -0.4 is 10.2 Å². The second kappa shape index (κ2) is 9.00. The van der Waals surface area contributed by atoms with Crippen molar-refractivity contribution in [3.05, 3.63) is 75.7 Å². The molecule has 0 spiro atoms. The van der Waals surface area contributed by atoms with E-state index < -0.39 is 0 Å². The molecule has 1 saturated heterocycles. The summed E-state index contributed by atoms with van der Waals surface area (Å²) in [5.74, 6) is 1.65. The zero-order valence-electron chi connectivity index (χ0n) is 20.7. The molecule has 3 atom stereocenters. The number of hydrogen-bond acceptors (Lipinski definition) is 5. The van der Waals surface area contributed by atoms with E-state index >= 15 is 0 Å². The molecular weight excluding hydrogens is 488 g/mol. The number of pyridine rings is 1. The first-order valence-corrected chi connectivity index (χ1v) is 13.0. The number of anilines is 1. The van der Waals surface area contributed by atoms with Crippen molar-refractivity contribution in [1.82, 2.24) is 20.1 Å². The van der Waals surface area contributed by atoms with E-state index in [0.717, 1.165) is 42.5 Å². The molecule has 0 bridgehead atoms. The van der Waals surface area contributed by atoms with Crippen molar-refractivity contribution in [2.24, 2.45) is 11.8 Å². The van der Waals surface area contributed by atoms with Gasteiger partial charge in [-0.05, 0) is 85.9 Å². The third kappa shape index (κ3) is 4.27. The fourth-order valence-corrected chi connectivity index (χ4v) is 5.84. The highest BCUT2D eigenvalue weighted by molar-refractivity contribution is 6.30. The lowest BCUT2D eigenvalue weighted by molar-refractivity contribution is -0.118. The average Bonchev–Trinajstić information content (AvgIpc) is 3.31. The minimum atomic E-state index is -0.162. The molecule has 1 N–H and O–H groups in total. The number of nitrogens with one attached hydrogen (secondary N) is 1. The first-order valence-electron chi connectivity index (χ1n) is 12.6. The zero-order valence-corrected chi connectivity index (χ0v) is 21.4. The third-order valence-corrected chi connectivity index (χ3v) is 8.33. The standard InChI is InChI=1S/C28H27ClN6O2/c1-15-5-26(34-13-19-8-24(19)28(34)37)31-12-25(15)16(2)35-14-20(11-32-35)27(36)33-22-6-18(7-22)23-9-21(29)4-3-17(23)10-30/h3-5,9,11-12,14,16,18-19,22,24H,6-8,13H2,1-2H3,(H,33,36)/t16-,18-,19-,22+,24-/m1/s1. The highest BCUT2D eigenvalue weighted by Crippen LogP contribution is 2.47. The fraction of sp³-hybridized carbons (Fsp3) is 0.393. The monoisotopic (exact) mass is 514 g/mol. The highest BCUT2D eigenvalue weighted by atomic mass is 35.5. The average molecular weight is 515 g/mol. The van der Waals surface area contributed by atoms with E-state index in [9.17, 15) is 14.9 Å². The SMILES string of the molecule is Cc1cc(N2C[C@H]3C[C@H]3C2=O)ncc1[C@@H](C)n1cc(C(=O)N[C@H]2C[C@@H](c3cc(Cl)ccc3C#N)C2)cn1. The summed E-state index contributed by atoms with van der Waals surface area (Å²) in [6.45, 7) is 4.80. The lowest BCUT2D eigenvalue weighted by atomic mass is 9.74. The fourth-order valence-electron chi connectivity index (χ4n) is 5.66. The minimum absolute atomic E-state index is 0.0436. The molecule has 3 aliphatic rings. The largest absolute Gasteiger partial charge is 0.349 e. The van der Waals surface area contributed by atoms with Gasteiger partial charge >= 0.3 is 0 Å². The third-order valence-electron chi connectivity index (χ3n) is 8.09. The van der Waals surface area contributed by atoms with E-state index in [0.29, 0.717) is 27.9 Å². The number of nitrogens with zero attached hydrogens (tertiary/aromatic N) is 5. The van der Waals surface area contributed by atoms with Crippen molar-refractivity contribution in [2.45, 2.75) is 51.1 Å². The first-order chi connectivity index (χ1) is 17.8. The maximum atomic E-state index is 12.9. The van der Waals surface area contributed by atoms with Crippen LogP contribution in [0.3, 0.4) is 0 Å². The predicted molar refractivity (Wildman–Crippen MR) is 138 cm³/mol. The van der Waals surface area contributed by atoms with Gasteiger partial charge < -0.3 is 5.32 Å². The number of carbonyl (C=O) groups is 2. The highest BCUT2D eigenvalue weighted by Gasteiger charge is 2.52. The Hall–Kier alpha value is -3.70. The summed E-state index contributed by atoms with van der Waals surface area (Å²) >= 11 is 6.12. The van der Waals surface area contributed by atoms with Crippen molar-refractivity contribution in [3.8, 4) is 6.07 Å². The number of halogens is 1. The predicted octanol–water partition coefficient (Wildman–Crippen LogP) is 4.38. The van der Waals surface area contributed by atoms with E-state index in [4.69, 9.17) is 11.6 Å². The molecule has 1 aliphatic heterocycles. The lowest BCUT2D eigenvalue weighted by Crippen LogP contribution is -2.43. The molecule has 37 heavy (non-hydrogen) atoms. The van der Waals surface area contributed by atoms with Gasteiger partial charge in [0.2, 0.25) is 5.91 Å². The Morgan fingerprint density at radius 1 is 1.24 bits per heavy atom. The minimum Gasteiger partial charge on any atom is -0.349 e. The summed E-state index contributed by atoms with van der Waals surface area (Å²) in [7, 11) is 0. The Balaban J connectivity index is 1.08. The summed E-state index contributed by atoms with van der Waals surface area (Å²) in [6, 6.07) is 9.44. The van der Waals surface area contributed by atoms with Gasteiger partial charge in [0.05, 0.1) is 29.4 Å². The summed E-state index contributed by atoms with van der Waals surface area (Å²) in [6.07, 6.45) is 7.70. The molecule has 3 fully saturated rings. The van der Waals surface area contributed by atoms with Gasteiger partial charge in [-0.25, -0.2) is 4.98 Å². The Bertz CT molecular complexity index is 1450. The number of benzene rings is 1. The number of amides is 2. The Morgan fingerprint density at radius 2 is 2.05 bits per heavy atom. The van der Waals surface area contributed by atoms with Crippen LogP contribution in [0.15, 0.2) is 42.9 Å². The van der Waals surface area contributed by atoms with E-state index in [1.165, 1.54) is 0 Å². The van der Waals surface area contributed by atoms with Gasteiger partial charge in [0.15, 0.2) is 0 Å². The molecule has 188 valence electrons. The number of piperidine rings is 1. The van der Waals surface area contributed by atoms with Crippen LogP contribution >= 0.6 is 11.6 Å². The van der Waals surface area contributed by atoms with Crippen molar-refractivity contribution in [3.63, 3.8) is 0 Å². The van der Waals surface area contributed by atoms with Gasteiger partial charge in [-0.3, -0.25) is 19.2 Å². The van der Waals surface area contributed by atoms with Crippen LogP contribution in [-0.2, 0) is 4.79 Å². The molecule has 1 aromatic carbocycles. The molecule has 3 heterocycles. The zero-order chi connectivity index (χ0) is 25.8. The number of fused-ring (bicyclic) bond motifs is 1. The van der Waals surface area contributed by atoms with Gasteiger partial charge in [0.25, 0.3) is 5.91 Å². The quantitative estimate of drug-likeness (QED) is 0.525. The van der Waals surface area contributed by atoms with Crippen molar-refractivity contribution < 1.29 is 9.59 Å². The number of aryl methyl sites for hydroxylation is 1. The van der Waals surface area contributed by atoms with Gasteiger partial charge in [0.1, 0.15) is 5.82 Å². The van der Waals surface area contributed by atoms with Gasteiger partial charge in [-0.2, -0.15) is 10.4 Å². The van der Waals surface area contributed by atoms with Crippen molar-refractivity contribution in [2.75, 3.05) is 11.4 Å². The van der Waals surface area contributed by atoms with Crippen LogP contribution in [0.1, 0.15) is 70.8 Å². The maximum absolute atomic E-state index is 12.9. The summed E-state index contributed by atoms with van der Waals surface area (Å²) in [5, 5.41) is 17.5. The van der Waals surface area contributed by atoms with E-state index in [1.54, 1.807) is 34.1 Å². The molecular formula is C28H27ClN6O2. The van der Waals surface area contributed by atoms with Gasteiger partial charge in [-0.1, -0.05) is 11.6 Å². The summed E-state index contributed by atoms with van der Waals surface area (Å²) in [4.78, 5) is 31.7.